The summed E-state index contributed by atoms with van der Waals surface area (Å²) in [6, 6.07) is 11.1. The molecule has 2 aromatic carbocycles. The summed E-state index contributed by atoms with van der Waals surface area (Å²) >= 11 is 0. The number of hydrogen-bond donors (Lipinski definition) is 0. The summed E-state index contributed by atoms with van der Waals surface area (Å²) in [4.78, 5) is 12.7. The molecule has 0 radical (unpaired) electrons. The highest BCUT2D eigenvalue weighted by Crippen LogP contribution is 2.40. The minimum atomic E-state index is -4.77. The average molecular weight is 511 g/mol. The number of hydrogen-bond acceptors (Lipinski definition) is 7. The number of halogens is 3. The maximum atomic E-state index is 13.3. The molecule has 0 aliphatic carbocycles. The zero-order valence-corrected chi connectivity index (χ0v) is 19.4. The molecule has 1 aliphatic heterocycles. The van der Waals surface area contributed by atoms with Crippen LogP contribution in [0.2, 0.25) is 0 Å². The molecule has 1 amide bonds. The molecule has 186 valence electrons. The van der Waals surface area contributed by atoms with Crippen molar-refractivity contribution in [3.05, 3.63) is 59.8 Å². The van der Waals surface area contributed by atoms with Gasteiger partial charge in [0.2, 0.25) is 5.88 Å². The van der Waals surface area contributed by atoms with Gasteiger partial charge in [-0.3, -0.25) is 4.79 Å². The number of alkyl halides is 3. The van der Waals surface area contributed by atoms with Gasteiger partial charge in [-0.15, -0.1) is 0 Å². The van der Waals surface area contributed by atoms with Crippen LogP contribution in [-0.4, -0.2) is 48.4 Å². The third-order valence-electron chi connectivity index (χ3n) is 4.96. The second-order valence-electron chi connectivity index (χ2n) is 7.21. The quantitative estimate of drug-likeness (QED) is 0.453. The van der Waals surface area contributed by atoms with Crippen molar-refractivity contribution in [1.29, 1.82) is 0 Å². The summed E-state index contributed by atoms with van der Waals surface area (Å²) in [5.74, 6) is -1.14. The van der Waals surface area contributed by atoms with E-state index in [1.165, 1.54) is 24.3 Å². The molecule has 0 N–H and O–H groups in total. The number of sulfonamides is 1. The maximum absolute atomic E-state index is 13.3. The van der Waals surface area contributed by atoms with Crippen LogP contribution in [0.4, 0.5) is 13.2 Å². The first kappa shape index (κ1) is 24.4. The largest absolute Gasteiger partial charge is 0.494 e. The molecule has 0 saturated heterocycles. The topological polar surface area (TPSA) is 100.0 Å². The fourth-order valence-corrected chi connectivity index (χ4v) is 4.91. The molecule has 9 nitrogen and oxygen atoms in total. The van der Waals surface area contributed by atoms with E-state index in [-0.39, 0.29) is 40.9 Å². The Bertz CT molecular complexity index is 1360. The summed E-state index contributed by atoms with van der Waals surface area (Å²) in [6.07, 6.45) is -4.77. The summed E-state index contributed by atoms with van der Waals surface area (Å²) in [6.45, 7) is 2.88. The predicted octanol–water partition coefficient (Wildman–Crippen LogP) is 3.87. The van der Waals surface area contributed by atoms with Crippen molar-refractivity contribution in [2.45, 2.75) is 24.9 Å². The molecule has 0 spiro atoms. The molecule has 1 aromatic heterocycles. The zero-order chi connectivity index (χ0) is 25.4. The molecule has 0 bridgehead atoms. The molecule has 13 heteroatoms. The number of amides is 1. The number of fused-ring (bicyclic) bond motifs is 1. The van der Waals surface area contributed by atoms with Crippen molar-refractivity contribution in [2.75, 3.05) is 19.9 Å². The summed E-state index contributed by atoms with van der Waals surface area (Å²) in [5.41, 5.74) is -1.20. The Morgan fingerprint density at radius 3 is 2.29 bits per heavy atom. The molecule has 4 rings (SSSR count). The maximum Gasteiger partial charge on any atom is 0.435 e. The lowest BCUT2D eigenvalue weighted by molar-refractivity contribution is -0.141. The van der Waals surface area contributed by atoms with Crippen molar-refractivity contribution < 1.29 is 40.6 Å². The van der Waals surface area contributed by atoms with Crippen molar-refractivity contribution in [2.24, 2.45) is 0 Å². The molecule has 0 unspecified atom stereocenters. The molecule has 0 atom stereocenters. The van der Waals surface area contributed by atoms with Crippen LogP contribution in [0, 0.1) is 0 Å². The smallest absolute Gasteiger partial charge is 0.435 e. The Labute approximate surface area is 198 Å². The SMILES string of the molecule is CCOc1cc(OCC)c2c(c1)S(=O)(=O)N(COc1cc(C(F)(F)F)nn1-c1ccccc1)C2=O. The Morgan fingerprint density at radius 1 is 0.971 bits per heavy atom. The van der Waals surface area contributed by atoms with E-state index in [4.69, 9.17) is 14.2 Å². The zero-order valence-electron chi connectivity index (χ0n) is 18.6. The number of carbonyl (C=O) groups excluding carboxylic acids is 1. The minimum absolute atomic E-state index is 0.0122. The minimum Gasteiger partial charge on any atom is -0.494 e. The Balaban J connectivity index is 1.70. The molecular formula is C22H20F3N3O6S. The normalized spacial score (nSPS) is 14.7. The number of carbonyl (C=O) groups is 1. The van der Waals surface area contributed by atoms with Crippen LogP contribution in [-0.2, 0) is 16.2 Å². The molecule has 1 aliphatic rings. The second kappa shape index (κ2) is 9.13. The van der Waals surface area contributed by atoms with Crippen LogP contribution in [0.1, 0.15) is 29.9 Å². The molecular weight excluding hydrogens is 491 g/mol. The van der Waals surface area contributed by atoms with Gasteiger partial charge in [-0.05, 0) is 26.0 Å². The summed E-state index contributed by atoms with van der Waals surface area (Å²) in [7, 11) is -4.40. The summed E-state index contributed by atoms with van der Waals surface area (Å²) in [5, 5.41) is 3.54. The van der Waals surface area contributed by atoms with Crippen LogP contribution < -0.4 is 14.2 Å². The van der Waals surface area contributed by atoms with Crippen LogP contribution >= 0.6 is 0 Å². The van der Waals surface area contributed by atoms with Gasteiger partial charge in [-0.25, -0.2) is 13.1 Å². The van der Waals surface area contributed by atoms with Gasteiger partial charge in [0.25, 0.3) is 15.9 Å². The standard InChI is InChI=1S/C22H20F3N3O6S/c1-3-32-15-10-16(33-4-2)20-17(11-15)35(30,31)27(21(20)29)13-34-19-12-18(22(23,24)25)26-28(19)14-8-6-5-7-9-14/h5-12H,3-4,13H2,1-2H3. The fraction of sp³-hybridized carbons (Fsp3) is 0.273. The average Bonchev–Trinajstić information content (AvgIpc) is 3.31. The van der Waals surface area contributed by atoms with Crippen molar-refractivity contribution in [3.8, 4) is 23.1 Å². The Hall–Kier alpha value is -3.74. The van der Waals surface area contributed by atoms with E-state index in [0.29, 0.717) is 10.4 Å². The molecule has 2 heterocycles. The Morgan fingerprint density at radius 2 is 1.66 bits per heavy atom. The van der Waals surface area contributed by atoms with Gasteiger partial charge in [-0.2, -0.15) is 22.6 Å². The van der Waals surface area contributed by atoms with E-state index in [0.717, 1.165) is 4.68 Å². The van der Waals surface area contributed by atoms with Crippen LogP contribution in [0.15, 0.2) is 53.4 Å². The van der Waals surface area contributed by atoms with Gasteiger partial charge < -0.3 is 14.2 Å². The molecule has 3 aromatic rings. The van der Waals surface area contributed by atoms with Crippen molar-refractivity contribution in [1.82, 2.24) is 14.1 Å². The monoisotopic (exact) mass is 511 g/mol. The number of rotatable bonds is 8. The summed E-state index contributed by atoms with van der Waals surface area (Å²) < 4.78 is 83.8. The first-order chi connectivity index (χ1) is 16.6. The number of para-hydroxylation sites is 1. The lowest BCUT2D eigenvalue weighted by Crippen LogP contribution is -2.34. The van der Waals surface area contributed by atoms with E-state index < -0.39 is 40.4 Å². The van der Waals surface area contributed by atoms with Crippen molar-refractivity contribution in [3.63, 3.8) is 0 Å². The van der Waals surface area contributed by atoms with Crippen LogP contribution in [0.5, 0.6) is 17.4 Å². The van der Waals surface area contributed by atoms with E-state index in [9.17, 15) is 26.4 Å². The fourth-order valence-electron chi connectivity index (χ4n) is 3.46. The lowest BCUT2D eigenvalue weighted by atomic mass is 10.1. The van der Waals surface area contributed by atoms with E-state index in [2.05, 4.69) is 5.10 Å². The van der Waals surface area contributed by atoms with E-state index in [1.807, 2.05) is 0 Å². The van der Waals surface area contributed by atoms with E-state index >= 15 is 0 Å². The van der Waals surface area contributed by atoms with Gasteiger partial charge in [0.15, 0.2) is 12.4 Å². The molecule has 0 saturated carbocycles. The lowest BCUT2D eigenvalue weighted by Gasteiger charge is -2.16. The highest BCUT2D eigenvalue weighted by molar-refractivity contribution is 7.90. The van der Waals surface area contributed by atoms with Gasteiger partial charge in [-0.1, -0.05) is 18.2 Å². The van der Waals surface area contributed by atoms with Crippen LogP contribution in [0.3, 0.4) is 0 Å². The van der Waals surface area contributed by atoms with E-state index in [1.54, 1.807) is 32.0 Å². The van der Waals surface area contributed by atoms with Gasteiger partial charge in [0.1, 0.15) is 22.0 Å². The Kier molecular flexibility index (Phi) is 6.36. The predicted molar refractivity (Wildman–Crippen MR) is 116 cm³/mol. The molecule has 35 heavy (non-hydrogen) atoms. The van der Waals surface area contributed by atoms with Crippen molar-refractivity contribution >= 4 is 15.9 Å². The number of ether oxygens (including phenoxy) is 3. The number of nitrogens with zero attached hydrogens (tertiary/aromatic N) is 3. The first-order valence-electron chi connectivity index (χ1n) is 10.4. The third kappa shape index (κ3) is 4.50. The van der Waals surface area contributed by atoms with Gasteiger partial charge >= 0.3 is 6.18 Å². The van der Waals surface area contributed by atoms with Gasteiger partial charge in [0, 0.05) is 18.2 Å². The first-order valence-corrected chi connectivity index (χ1v) is 11.9. The number of aromatic nitrogens is 2. The van der Waals surface area contributed by atoms with Crippen LogP contribution in [0.25, 0.3) is 5.69 Å². The highest BCUT2D eigenvalue weighted by Gasteiger charge is 2.45. The number of benzene rings is 2. The second-order valence-corrected chi connectivity index (χ2v) is 9.04. The highest BCUT2D eigenvalue weighted by atomic mass is 32.2. The van der Waals surface area contributed by atoms with Gasteiger partial charge in [0.05, 0.1) is 18.9 Å². The third-order valence-corrected chi connectivity index (χ3v) is 6.69. The molecule has 0 fully saturated rings.